The van der Waals surface area contributed by atoms with Gasteiger partial charge in [0.1, 0.15) is 0 Å². The second-order valence-corrected chi connectivity index (χ2v) is 4.33. The van der Waals surface area contributed by atoms with Gasteiger partial charge in [-0.15, -0.1) is 0 Å². The highest BCUT2D eigenvalue weighted by Crippen LogP contribution is 2.39. The van der Waals surface area contributed by atoms with E-state index in [1.165, 1.54) is 0 Å². The van der Waals surface area contributed by atoms with Gasteiger partial charge >= 0.3 is 0 Å². The van der Waals surface area contributed by atoms with Gasteiger partial charge in [0, 0.05) is 17.4 Å². The molecule has 2 rings (SSSR count). The number of hydrogen-bond acceptors (Lipinski definition) is 3. The second kappa shape index (κ2) is 3.17. The van der Waals surface area contributed by atoms with Crippen LogP contribution in [0.15, 0.2) is 12.1 Å². The summed E-state index contributed by atoms with van der Waals surface area (Å²) in [6.07, 6.45) is 0. The van der Waals surface area contributed by atoms with E-state index in [0.29, 0.717) is 11.3 Å². The number of benzene rings is 1. The van der Waals surface area contributed by atoms with Crippen molar-refractivity contribution in [1.29, 1.82) is 0 Å². The molecule has 0 bridgehead atoms. The monoisotopic (exact) mass is 215 g/mol. The minimum absolute atomic E-state index is 0.0280. The van der Waals surface area contributed by atoms with Gasteiger partial charge < -0.3 is 16.8 Å². The molecule has 5 N–H and O–H groups in total. The summed E-state index contributed by atoms with van der Waals surface area (Å²) in [7, 11) is 0. The largest absolute Gasteiger partial charge is 0.398 e. The van der Waals surface area contributed by atoms with Crippen molar-refractivity contribution in [2.75, 3.05) is 11.1 Å². The van der Waals surface area contributed by atoms with E-state index < -0.39 is 5.41 Å². The molecule has 0 fully saturated rings. The first-order valence-electron chi connectivity index (χ1n) is 4.94. The molecule has 0 aromatic heterocycles. The summed E-state index contributed by atoms with van der Waals surface area (Å²) in [6.45, 7) is 3.73. The molecule has 1 amide bonds. The molecule has 16 heavy (non-hydrogen) atoms. The number of amides is 1. The Morgan fingerprint density at radius 2 is 2.06 bits per heavy atom. The fourth-order valence-electron chi connectivity index (χ4n) is 1.82. The molecule has 0 saturated carbocycles. The third kappa shape index (κ3) is 1.29. The average molecular weight is 215 g/mol. The number of fused-ring (bicyclic) bond motifs is 1. The molecule has 82 valence electrons. The third-order valence-corrected chi connectivity index (χ3v) is 2.89. The van der Waals surface area contributed by atoms with Crippen LogP contribution in [0.25, 0.3) is 0 Å². The summed E-state index contributed by atoms with van der Waals surface area (Å²) in [4.78, 5) is 11.7. The topological polar surface area (TPSA) is 81.1 Å². The Morgan fingerprint density at radius 1 is 1.38 bits per heavy atom. The lowest BCUT2D eigenvalue weighted by molar-refractivity contribution is -0.119. The average Bonchev–Trinajstić information content (AvgIpc) is 2.41. The van der Waals surface area contributed by atoms with Crippen molar-refractivity contribution < 1.29 is 4.79 Å². The first-order valence-corrected chi connectivity index (χ1v) is 4.94. The number of nitrogens with one attached hydrogen (secondary N) is 1. The van der Waals surface area contributed by atoms with Crippen LogP contribution in [-0.2, 0) is 10.2 Å². The van der Waals surface area contributed by atoms with E-state index in [1.807, 2.05) is 13.8 Å². The molecule has 4 heteroatoms. The van der Waals surface area contributed by atoms with E-state index in [9.17, 15) is 4.79 Å². The first kappa shape index (κ1) is 10.4. The molecule has 1 aliphatic rings. The molecule has 0 saturated heterocycles. The van der Waals surface area contributed by atoms with Crippen LogP contribution in [0.3, 0.4) is 0 Å². The molecule has 1 aliphatic heterocycles. The van der Waals surface area contributed by atoms with Gasteiger partial charge in [-0.05, 0) is 37.5 Å². The van der Waals surface area contributed by atoms with Crippen LogP contribution in [0.4, 0.5) is 11.4 Å². The smallest absolute Gasteiger partial charge is 0.234 e. The Labute approximate surface area is 94.0 Å². The van der Waals surface area contributed by atoms with Gasteiger partial charge in [-0.2, -0.15) is 0 Å². The Kier molecular flexibility index (Phi) is 2.06. The van der Waals surface area contributed by atoms with Crippen molar-refractivity contribution >= 4 is 17.3 Å². The normalized spacial score (nSPS) is 16.0. The number of anilines is 2. The Morgan fingerprint density at radius 3 is 2.69 bits per heavy atom. The molecule has 1 heterocycles. The third-order valence-electron chi connectivity index (χ3n) is 2.89. The molecule has 1 aromatic carbocycles. The van der Waals surface area contributed by atoms with E-state index in [2.05, 4.69) is 17.3 Å². The van der Waals surface area contributed by atoms with Crippen LogP contribution in [-0.4, -0.2) is 5.91 Å². The van der Waals surface area contributed by atoms with Gasteiger partial charge in [-0.25, -0.2) is 0 Å². The Balaban J connectivity index is 2.64. The summed E-state index contributed by atoms with van der Waals surface area (Å²) in [5.41, 5.74) is 13.3. The maximum atomic E-state index is 11.7. The van der Waals surface area contributed by atoms with Crippen molar-refractivity contribution in [3.8, 4) is 12.0 Å². The number of carbonyl (C=O) groups excluding carboxylic acids is 1. The lowest BCUT2D eigenvalue weighted by atomic mass is 9.85. The second-order valence-electron chi connectivity index (χ2n) is 4.33. The minimum Gasteiger partial charge on any atom is -0.398 e. The molecule has 0 radical (unpaired) electrons. The van der Waals surface area contributed by atoms with Crippen LogP contribution in [0.1, 0.15) is 25.0 Å². The predicted molar refractivity (Wildman–Crippen MR) is 63.6 cm³/mol. The van der Waals surface area contributed by atoms with Crippen molar-refractivity contribution in [3.05, 3.63) is 23.3 Å². The predicted octanol–water partition coefficient (Wildman–Crippen LogP) is 0.766. The molecule has 4 nitrogen and oxygen atoms in total. The van der Waals surface area contributed by atoms with Gasteiger partial charge in [0.15, 0.2) is 0 Å². The van der Waals surface area contributed by atoms with Crippen LogP contribution in [0.5, 0.6) is 0 Å². The first-order chi connectivity index (χ1) is 7.46. The SMILES string of the molecule is CC1(C)C(=O)Nc2cc(C#CN)c(N)cc21. The summed E-state index contributed by atoms with van der Waals surface area (Å²) in [6, 6.07) is 5.85. The number of carbonyl (C=O) groups is 1. The van der Waals surface area contributed by atoms with Crippen molar-refractivity contribution in [3.63, 3.8) is 0 Å². The standard InChI is InChI=1S/C12H13N3O/c1-12(2)8-6-9(14)7(3-4-13)5-10(8)15-11(12)16/h5-6H,13-14H2,1-2H3,(H,15,16). The van der Waals surface area contributed by atoms with Gasteiger partial charge in [0.2, 0.25) is 5.91 Å². The summed E-state index contributed by atoms with van der Waals surface area (Å²) in [5.74, 6) is 2.67. The number of hydrogen-bond donors (Lipinski definition) is 3. The quantitative estimate of drug-likeness (QED) is 0.339. The van der Waals surface area contributed by atoms with Gasteiger partial charge in [-0.3, -0.25) is 4.79 Å². The zero-order chi connectivity index (χ0) is 11.9. The van der Waals surface area contributed by atoms with E-state index in [4.69, 9.17) is 11.5 Å². The summed E-state index contributed by atoms with van der Waals surface area (Å²) < 4.78 is 0. The van der Waals surface area contributed by atoms with Crippen LogP contribution in [0, 0.1) is 12.0 Å². The molecular formula is C12H13N3O. The summed E-state index contributed by atoms with van der Waals surface area (Å²) >= 11 is 0. The van der Waals surface area contributed by atoms with E-state index >= 15 is 0 Å². The van der Waals surface area contributed by atoms with Crippen molar-refractivity contribution in [2.24, 2.45) is 5.73 Å². The Bertz CT molecular complexity index is 535. The van der Waals surface area contributed by atoms with Crippen molar-refractivity contribution in [1.82, 2.24) is 0 Å². The zero-order valence-corrected chi connectivity index (χ0v) is 9.22. The van der Waals surface area contributed by atoms with Crippen LogP contribution in [0.2, 0.25) is 0 Å². The highest BCUT2D eigenvalue weighted by atomic mass is 16.2. The molecule has 0 atom stereocenters. The fourth-order valence-corrected chi connectivity index (χ4v) is 1.82. The van der Waals surface area contributed by atoms with E-state index in [-0.39, 0.29) is 5.91 Å². The van der Waals surface area contributed by atoms with Gasteiger partial charge in [0.25, 0.3) is 0 Å². The molecule has 0 spiro atoms. The lowest BCUT2D eigenvalue weighted by Gasteiger charge is -2.15. The van der Waals surface area contributed by atoms with E-state index in [0.717, 1.165) is 11.3 Å². The Hall–Kier alpha value is -2.15. The van der Waals surface area contributed by atoms with Crippen molar-refractivity contribution in [2.45, 2.75) is 19.3 Å². The number of nitrogen functional groups attached to an aromatic ring is 1. The van der Waals surface area contributed by atoms with Gasteiger partial charge in [-0.1, -0.05) is 0 Å². The highest BCUT2D eigenvalue weighted by molar-refractivity contribution is 6.06. The molecular weight excluding hydrogens is 202 g/mol. The maximum Gasteiger partial charge on any atom is 0.234 e. The summed E-state index contributed by atoms with van der Waals surface area (Å²) in [5, 5.41) is 2.81. The van der Waals surface area contributed by atoms with Gasteiger partial charge in [0.05, 0.1) is 11.0 Å². The molecule has 0 aliphatic carbocycles. The maximum absolute atomic E-state index is 11.7. The number of nitrogens with two attached hydrogens (primary N) is 2. The highest BCUT2D eigenvalue weighted by Gasteiger charge is 2.38. The van der Waals surface area contributed by atoms with E-state index in [1.54, 1.807) is 12.1 Å². The fraction of sp³-hybridized carbons (Fsp3) is 0.250. The zero-order valence-electron chi connectivity index (χ0n) is 9.22. The van der Waals surface area contributed by atoms with Crippen LogP contribution < -0.4 is 16.8 Å². The minimum atomic E-state index is -0.544. The molecule has 0 unspecified atom stereocenters. The number of rotatable bonds is 0. The van der Waals surface area contributed by atoms with Crippen LogP contribution >= 0.6 is 0 Å². The lowest BCUT2D eigenvalue weighted by Crippen LogP contribution is -2.26. The molecule has 1 aromatic rings.